The van der Waals surface area contributed by atoms with Gasteiger partial charge in [-0.25, -0.2) is 4.79 Å². The molecule has 0 fully saturated rings. The lowest BCUT2D eigenvalue weighted by atomic mass is 10.1. The smallest absolute Gasteiger partial charge is 0.336 e. The van der Waals surface area contributed by atoms with Crippen molar-refractivity contribution in [1.29, 1.82) is 0 Å². The van der Waals surface area contributed by atoms with Gasteiger partial charge in [0, 0.05) is 17.2 Å². The van der Waals surface area contributed by atoms with E-state index in [9.17, 15) is 4.79 Å². The molecule has 0 heterocycles. The molecule has 2 rings (SSSR count). The Balaban J connectivity index is 1.61. The number of carboxylic acids is 1. The van der Waals surface area contributed by atoms with Gasteiger partial charge in [0.2, 0.25) is 0 Å². The molecule has 0 spiro atoms. The van der Waals surface area contributed by atoms with Gasteiger partial charge >= 0.3 is 5.97 Å². The van der Waals surface area contributed by atoms with Crippen LogP contribution in [-0.4, -0.2) is 29.9 Å². The second kappa shape index (κ2) is 9.28. The Bertz CT molecular complexity index is 587. The Hall–Kier alpha value is -1.78. The van der Waals surface area contributed by atoms with Crippen LogP contribution >= 0.6 is 11.8 Å². The number of hydrogen-bond donors (Lipinski definition) is 2. The second-order valence-corrected chi connectivity index (χ2v) is 6.13. The van der Waals surface area contributed by atoms with Crippen molar-refractivity contribution in [2.45, 2.75) is 17.7 Å². The van der Waals surface area contributed by atoms with Gasteiger partial charge in [-0.2, -0.15) is 0 Å². The van der Waals surface area contributed by atoms with Gasteiger partial charge in [0.15, 0.2) is 0 Å². The highest BCUT2D eigenvalue weighted by atomic mass is 32.2. The van der Waals surface area contributed by atoms with Crippen molar-refractivity contribution >= 4 is 17.7 Å². The third kappa shape index (κ3) is 5.54. The van der Waals surface area contributed by atoms with E-state index in [1.807, 2.05) is 18.2 Å². The average Bonchev–Trinajstić information content (AvgIpc) is 2.55. The topological polar surface area (TPSA) is 49.3 Å². The van der Waals surface area contributed by atoms with E-state index in [1.165, 1.54) is 5.56 Å². The summed E-state index contributed by atoms with van der Waals surface area (Å²) in [6.07, 6.45) is 2.20. The summed E-state index contributed by atoms with van der Waals surface area (Å²) in [6, 6.07) is 17.6. The zero-order valence-corrected chi connectivity index (χ0v) is 13.3. The predicted molar refractivity (Wildman–Crippen MR) is 91.8 cm³/mol. The highest BCUT2D eigenvalue weighted by molar-refractivity contribution is 7.99. The Morgan fingerprint density at radius 3 is 2.50 bits per heavy atom. The molecule has 0 bridgehead atoms. The third-order valence-electron chi connectivity index (χ3n) is 3.32. The summed E-state index contributed by atoms with van der Waals surface area (Å²) >= 11 is 1.59. The van der Waals surface area contributed by atoms with E-state index in [1.54, 1.807) is 23.9 Å². The van der Waals surface area contributed by atoms with Crippen LogP contribution in [0.2, 0.25) is 0 Å². The van der Waals surface area contributed by atoms with Gasteiger partial charge in [-0.15, -0.1) is 11.8 Å². The van der Waals surface area contributed by atoms with Crippen LogP contribution in [0, 0.1) is 0 Å². The van der Waals surface area contributed by atoms with Crippen molar-refractivity contribution in [2.24, 2.45) is 0 Å². The van der Waals surface area contributed by atoms with Gasteiger partial charge < -0.3 is 10.4 Å². The maximum Gasteiger partial charge on any atom is 0.336 e. The van der Waals surface area contributed by atoms with Crippen LogP contribution in [0.5, 0.6) is 0 Å². The molecule has 2 N–H and O–H groups in total. The lowest BCUT2D eigenvalue weighted by molar-refractivity contribution is 0.0693. The first-order chi connectivity index (χ1) is 10.8. The standard InChI is InChI=1S/C18H21NO2S/c20-18(21)16-10-4-5-11-17(16)22-14-13-19-12-6-9-15-7-2-1-3-8-15/h1-5,7-8,10-11,19H,6,9,12-14H2,(H,20,21). The largest absolute Gasteiger partial charge is 0.478 e. The van der Waals surface area contributed by atoms with E-state index in [0.717, 1.165) is 36.6 Å². The normalized spacial score (nSPS) is 10.5. The first kappa shape index (κ1) is 16.6. The number of thioether (sulfide) groups is 1. The first-order valence-electron chi connectivity index (χ1n) is 7.47. The summed E-state index contributed by atoms with van der Waals surface area (Å²) < 4.78 is 0. The zero-order valence-electron chi connectivity index (χ0n) is 12.5. The lowest BCUT2D eigenvalue weighted by Crippen LogP contribution is -2.19. The number of nitrogens with one attached hydrogen (secondary N) is 1. The van der Waals surface area contributed by atoms with Crippen molar-refractivity contribution in [2.75, 3.05) is 18.8 Å². The molecule has 0 saturated carbocycles. The molecule has 0 aliphatic rings. The van der Waals surface area contributed by atoms with E-state index in [4.69, 9.17) is 5.11 Å². The minimum atomic E-state index is -0.862. The molecule has 22 heavy (non-hydrogen) atoms. The molecule has 2 aromatic carbocycles. The van der Waals surface area contributed by atoms with Crippen LogP contribution in [0.4, 0.5) is 0 Å². The molecule has 4 heteroatoms. The van der Waals surface area contributed by atoms with E-state index >= 15 is 0 Å². The molecule has 0 atom stereocenters. The SMILES string of the molecule is O=C(O)c1ccccc1SCCNCCCc1ccccc1. The Kier molecular flexibility index (Phi) is 7.00. The van der Waals surface area contributed by atoms with Gasteiger partial charge in [-0.3, -0.25) is 0 Å². The third-order valence-corrected chi connectivity index (χ3v) is 4.39. The van der Waals surface area contributed by atoms with Crippen molar-refractivity contribution in [3.8, 4) is 0 Å². The molecule has 0 aliphatic heterocycles. The summed E-state index contributed by atoms with van der Waals surface area (Å²) in [4.78, 5) is 11.9. The zero-order chi connectivity index (χ0) is 15.6. The van der Waals surface area contributed by atoms with Gasteiger partial charge in [0.05, 0.1) is 5.56 Å². The average molecular weight is 315 g/mol. The fourth-order valence-electron chi connectivity index (χ4n) is 2.19. The van der Waals surface area contributed by atoms with Crippen LogP contribution in [0.15, 0.2) is 59.5 Å². The molecule has 0 aromatic heterocycles. The quantitative estimate of drug-likeness (QED) is 0.547. The molecular weight excluding hydrogens is 294 g/mol. The van der Waals surface area contributed by atoms with Crippen LogP contribution < -0.4 is 5.32 Å². The highest BCUT2D eigenvalue weighted by Crippen LogP contribution is 2.21. The van der Waals surface area contributed by atoms with Crippen LogP contribution in [0.25, 0.3) is 0 Å². The summed E-state index contributed by atoms with van der Waals surface area (Å²) in [6.45, 7) is 1.86. The van der Waals surface area contributed by atoms with Crippen molar-refractivity contribution in [3.63, 3.8) is 0 Å². The maximum atomic E-state index is 11.1. The van der Waals surface area contributed by atoms with E-state index in [-0.39, 0.29) is 0 Å². The van der Waals surface area contributed by atoms with Gasteiger partial charge in [0.25, 0.3) is 0 Å². The van der Waals surface area contributed by atoms with Crippen LogP contribution in [-0.2, 0) is 6.42 Å². The molecule has 116 valence electrons. The van der Waals surface area contributed by atoms with Crippen molar-refractivity contribution in [1.82, 2.24) is 5.32 Å². The van der Waals surface area contributed by atoms with Crippen molar-refractivity contribution < 1.29 is 9.90 Å². The molecule has 0 aliphatic carbocycles. The number of hydrogen-bond acceptors (Lipinski definition) is 3. The summed E-state index contributed by atoms with van der Waals surface area (Å²) in [5.74, 6) is 0.00855. The molecular formula is C18H21NO2S. The first-order valence-corrected chi connectivity index (χ1v) is 8.45. The molecule has 0 unspecified atom stereocenters. The number of carbonyl (C=O) groups is 1. The summed E-state index contributed by atoms with van der Waals surface area (Å²) in [5, 5.41) is 12.5. The van der Waals surface area contributed by atoms with E-state index < -0.39 is 5.97 Å². The minimum Gasteiger partial charge on any atom is -0.478 e. The lowest BCUT2D eigenvalue weighted by Gasteiger charge is -2.07. The monoisotopic (exact) mass is 315 g/mol. The molecule has 3 nitrogen and oxygen atoms in total. The number of rotatable bonds is 9. The predicted octanol–water partition coefficient (Wildman–Crippen LogP) is 3.70. The van der Waals surface area contributed by atoms with Gasteiger partial charge in [0.1, 0.15) is 0 Å². The fraction of sp³-hybridized carbons (Fsp3) is 0.278. The van der Waals surface area contributed by atoms with Crippen LogP contribution in [0.1, 0.15) is 22.3 Å². The maximum absolute atomic E-state index is 11.1. The Labute approximate surface area is 135 Å². The summed E-state index contributed by atoms with van der Waals surface area (Å²) in [5.41, 5.74) is 1.76. The van der Waals surface area contributed by atoms with Gasteiger partial charge in [-0.1, -0.05) is 42.5 Å². The molecule has 0 radical (unpaired) electrons. The Morgan fingerprint density at radius 2 is 1.73 bits per heavy atom. The number of carboxylic acid groups (broad SMARTS) is 1. The van der Waals surface area contributed by atoms with E-state index in [0.29, 0.717) is 5.56 Å². The Morgan fingerprint density at radius 1 is 1.00 bits per heavy atom. The van der Waals surface area contributed by atoms with E-state index in [2.05, 4.69) is 29.6 Å². The van der Waals surface area contributed by atoms with Gasteiger partial charge in [-0.05, 0) is 37.1 Å². The molecule has 0 amide bonds. The highest BCUT2D eigenvalue weighted by Gasteiger charge is 2.08. The summed E-state index contributed by atoms with van der Waals surface area (Å²) in [7, 11) is 0. The number of aryl methyl sites for hydroxylation is 1. The molecule has 0 saturated heterocycles. The fourth-order valence-corrected chi connectivity index (χ4v) is 3.14. The minimum absolute atomic E-state index is 0.386. The number of benzene rings is 2. The van der Waals surface area contributed by atoms with Crippen LogP contribution in [0.3, 0.4) is 0 Å². The molecule has 2 aromatic rings. The second-order valence-electron chi connectivity index (χ2n) is 4.99. The van der Waals surface area contributed by atoms with Crippen molar-refractivity contribution in [3.05, 3.63) is 65.7 Å². The number of aromatic carboxylic acids is 1.